The predicted octanol–water partition coefficient (Wildman–Crippen LogP) is 5.22. The summed E-state index contributed by atoms with van der Waals surface area (Å²) >= 11 is 0. The van der Waals surface area contributed by atoms with Crippen LogP contribution in [0.1, 0.15) is 62.3 Å². The van der Waals surface area contributed by atoms with Crippen LogP contribution < -0.4 is 0 Å². The van der Waals surface area contributed by atoms with Crippen LogP contribution in [0.4, 0.5) is 0 Å². The van der Waals surface area contributed by atoms with E-state index in [1.54, 1.807) is 0 Å². The topological polar surface area (TPSA) is 52.2 Å². The molecule has 1 aliphatic rings. The maximum atomic E-state index is 9.65. The fourth-order valence-electron chi connectivity index (χ4n) is 4.84. The van der Waals surface area contributed by atoms with E-state index in [2.05, 4.69) is 59.0 Å². The van der Waals surface area contributed by atoms with Gasteiger partial charge >= 0.3 is 0 Å². The van der Waals surface area contributed by atoms with Crippen molar-refractivity contribution in [1.82, 2.24) is 14.9 Å². The van der Waals surface area contributed by atoms with Crippen LogP contribution in [0.15, 0.2) is 36.5 Å². The fourth-order valence-corrected chi connectivity index (χ4v) is 4.84. The number of nitrogens with zero attached hydrogens (tertiary/aromatic N) is 2. The summed E-state index contributed by atoms with van der Waals surface area (Å²) in [7, 11) is 0. The molecule has 0 bridgehead atoms. The Morgan fingerprint density at radius 2 is 1.90 bits per heavy atom. The summed E-state index contributed by atoms with van der Waals surface area (Å²) in [5.41, 5.74) is 7.55. The molecule has 0 saturated carbocycles. The lowest BCUT2D eigenvalue weighted by Gasteiger charge is -2.32. The minimum absolute atomic E-state index is 0.244. The summed E-state index contributed by atoms with van der Waals surface area (Å²) in [5.74, 6) is 1.04. The number of hydrogen-bond donors (Lipinski definition) is 2. The monoisotopic (exact) mass is 391 g/mol. The number of piperidine rings is 1. The number of hydrogen-bond acceptors (Lipinski definition) is 3. The van der Waals surface area contributed by atoms with Gasteiger partial charge in [0.2, 0.25) is 0 Å². The van der Waals surface area contributed by atoms with Gasteiger partial charge in [-0.05, 0) is 87.0 Å². The lowest BCUT2D eigenvalue weighted by molar-refractivity contribution is 0.109. The maximum absolute atomic E-state index is 9.65. The van der Waals surface area contributed by atoms with E-state index in [4.69, 9.17) is 0 Å². The minimum Gasteiger partial charge on any atom is -0.392 e. The molecule has 1 saturated heterocycles. The molecule has 154 valence electrons. The van der Waals surface area contributed by atoms with Crippen molar-refractivity contribution in [2.45, 2.75) is 58.5 Å². The molecule has 1 atom stereocenters. The zero-order valence-corrected chi connectivity index (χ0v) is 18.1. The van der Waals surface area contributed by atoms with Gasteiger partial charge in [-0.1, -0.05) is 19.9 Å². The van der Waals surface area contributed by atoms with Crippen LogP contribution in [0.5, 0.6) is 0 Å². The van der Waals surface area contributed by atoms with Crippen LogP contribution in [0, 0.1) is 6.92 Å². The number of aryl methyl sites for hydroxylation is 1. The summed E-state index contributed by atoms with van der Waals surface area (Å²) in [5, 5.41) is 11.0. The Hall–Kier alpha value is -2.17. The SMILES string of the molecule is Cc1cc(-c2[nH]c3ccc(C4CCN(CC(C)O)CC4)cc3c2C(C)C)ccn1. The molecule has 0 spiro atoms. The van der Waals surface area contributed by atoms with Crippen LogP contribution in [-0.2, 0) is 0 Å². The first kappa shape index (κ1) is 20.1. The largest absolute Gasteiger partial charge is 0.392 e. The third-order valence-electron chi connectivity index (χ3n) is 6.21. The highest BCUT2D eigenvalue weighted by molar-refractivity contribution is 5.92. The molecular weight excluding hydrogens is 358 g/mol. The van der Waals surface area contributed by atoms with E-state index in [9.17, 15) is 5.11 Å². The summed E-state index contributed by atoms with van der Waals surface area (Å²) in [4.78, 5) is 10.4. The number of H-pyrrole nitrogens is 1. The number of rotatable bonds is 5. The number of likely N-dealkylation sites (tertiary alicyclic amines) is 1. The van der Waals surface area contributed by atoms with Gasteiger partial charge < -0.3 is 15.0 Å². The number of β-amino-alcohol motifs (C(OH)–C–C–N with tert-alkyl or cyclic N) is 1. The first-order valence-electron chi connectivity index (χ1n) is 10.9. The van der Waals surface area contributed by atoms with Crippen molar-refractivity contribution in [3.8, 4) is 11.3 Å². The van der Waals surface area contributed by atoms with Crippen molar-refractivity contribution in [1.29, 1.82) is 0 Å². The lowest BCUT2D eigenvalue weighted by atomic mass is 9.87. The van der Waals surface area contributed by atoms with Crippen LogP contribution in [0.3, 0.4) is 0 Å². The molecule has 0 radical (unpaired) electrons. The van der Waals surface area contributed by atoms with Crippen LogP contribution >= 0.6 is 0 Å². The average molecular weight is 392 g/mol. The van der Waals surface area contributed by atoms with Gasteiger partial charge in [0.25, 0.3) is 0 Å². The van der Waals surface area contributed by atoms with Crippen LogP contribution in [-0.4, -0.2) is 45.7 Å². The Kier molecular flexibility index (Phi) is 5.75. The Balaban J connectivity index is 1.66. The van der Waals surface area contributed by atoms with Crippen LogP contribution in [0.2, 0.25) is 0 Å². The van der Waals surface area contributed by atoms with Gasteiger partial charge in [-0.3, -0.25) is 4.98 Å². The third kappa shape index (κ3) is 4.24. The number of pyridine rings is 1. The zero-order chi connectivity index (χ0) is 20.5. The summed E-state index contributed by atoms with van der Waals surface area (Å²) in [6, 6.07) is 11.3. The van der Waals surface area contributed by atoms with E-state index < -0.39 is 0 Å². The van der Waals surface area contributed by atoms with Gasteiger partial charge in [0, 0.05) is 34.9 Å². The second kappa shape index (κ2) is 8.29. The molecule has 0 amide bonds. The van der Waals surface area contributed by atoms with E-state index in [-0.39, 0.29) is 6.10 Å². The van der Waals surface area contributed by atoms with Gasteiger partial charge in [0.05, 0.1) is 11.8 Å². The second-order valence-electron chi connectivity index (χ2n) is 8.98. The zero-order valence-electron chi connectivity index (χ0n) is 18.1. The highest BCUT2D eigenvalue weighted by Gasteiger charge is 2.23. The van der Waals surface area contributed by atoms with E-state index in [1.165, 1.54) is 33.3 Å². The van der Waals surface area contributed by atoms with Crippen LogP contribution in [0.25, 0.3) is 22.2 Å². The molecule has 4 nitrogen and oxygen atoms in total. The molecule has 1 aliphatic heterocycles. The number of fused-ring (bicyclic) bond motifs is 1. The Morgan fingerprint density at radius 1 is 1.14 bits per heavy atom. The van der Waals surface area contributed by atoms with E-state index >= 15 is 0 Å². The Morgan fingerprint density at radius 3 is 2.55 bits per heavy atom. The number of nitrogens with one attached hydrogen (secondary N) is 1. The van der Waals surface area contributed by atoms with Gasteiger partial charge in [0.1, 0.15) is 0 Å². The average Bonchev–Trinajstić information content (AvgIpc) is 3.07. The second-order valence-corrected chi connectivity index (χ2v) is 8.98. The smallest absolute Gasteiger partial charge is 0.0639 e. The molecule has 1 aromatic carbocycles. The molecule has 0 aliphatic carbocycles. The third-order valence-corrected chi connectivity index (χ3v) is 6.21. The fraction of sp³-hybridized carbons (Fsp3) is 0.480. The highest BCUT2D eigenvalue weighted by atomic mass is 16.3. The number of aromatic nitrogens is 2. The Bertz CT molecular complexity index is 981. The lowest BCUT2D eigenvalue weighted by Crippen LogP contribution is -2.37. The molecule has 3 heterocycles. The molecule has 4 rings (SSSR count). The molecule has 2 N–H and O–H groups in total. The Labute approximate surface area is 174 Å². The first-order chi connectivity index (χ1) is 13.9. The van der Waals surface area contributed by atoms with Crippen molar-refractivity contribution in [2.24, 2.45) is 0 Å². The van der Waals surface area contributed by atoms with Gasteiger partial charge in [-0.2, -0.15) is 0 Å². The van der Waals surface area contributed by atoms with Gasteiger partial charge in [0.15, 0.2) is 0 Å². The molecular formula is C25H33N3O. The molecule has 4 heteroatoms. The molecule has 1 fully saturated rings. The number of aliphatic hydroxyl groups is 1. The van der Waals surface area contributed by atoms with Crippen molar-refractivity contribution in [2.75, 3.05) is 19.6 Å². The van der Waals surface area contributed by atoms with Crippen molar-refractivity contribution in [3.05, 3.63) is 53.3 Å². The van der Waals surface area contributed by atoms with E-state index in [0.717, 1.165) is 38.2 Å². The molecule has 3 aromatic rings. The van der Waals surface area contributed by atoms with E-state index in [0.29, 0.717) is 11.8 Å². The number of benzene rings is 1. The van der Waals surface area contributed by atoms with Gasteiger partial charge in [-0.25, -0.2) is 0 Å². The minimum atomic E-state index is -0.244. The molecule has 2 aromatic heterocycles. The number of aromatic amines is 1. The molecule has 29 heavy (non-hydrogen) atoms. The number of aliphatic hydroxyl groups excluding tert-OH is 1. The van der Waals surface area contributed by atoms with Gasteiger partial charge in [-0.15, -0.1) is 0 Å². The standard InChI is InChI=1S/C25H33N3O/c1-16(2)24-22-14-20(19-8-11-28(12-9-19)15-18(4)29)5-6-23(22)27-25(24)21-7-10-26-17(3)13-21/h5-7,10,13-14,16,18-19,27,29H,8-9,11-12,15H2,1-4H3. The first-order valence-corrected chi connectivity index (χ1v) is 10.9. The predicted molar refractivity (Wildman–Crippen MR) is 120 cm³/mol. The highest BCUT2D eigenvalue weighted by Crippen LogP contribution is 2.38. The summed E-state index contributed by atoms with van der Waals surface area (Å²) < 4.78 is 0. The van der Waals surface area contributed by atoms with Crippen molar-refractivity contribution in [3.63, 3.8) is 0 Å². The summed E-state index contributed by atoms with van der Waals surface area (Å²) in [6.07, 6.45) is 3.98. The normalized spacial score (nSPS) is 17.3. The maximum Gasteiger partial charge on any atom is 0.0639 e. The quantitative estimate of drug-likeness (QED) is 0.627. The molecule has 1 unspecified atom stereocenters. The van der Waals surface area contributed by atoms with Crippen molar-refractivity contribution >= 4 is 10.9 Å². The summed E-state index contributed by atoms with van der Waals surface area (Å²) in [6.45, 7) is 11.4. The van der Waals surface area contributed by atoms with E-state index in [1.807, 2.05) is 20.0 Å². The van der Waals surface area contributed by atoms with Crippen molar-refractivity contribution < 1.29 is 5.11 Å².